The molecule has 1 saturated heterocycles. The fraction of sp³-hybridized carbons (Fsp3) is 0.263. The molecule has 7 heteroatoms. The van der Waals surface area contributed by atoms with E-state index in [1.165, 1.54) is 12.1 Å². The average molecular weight is 377 g/mol. The molecule has 1 amide bonds. The van der Waals surface area contributed by atoms with Gasteiger partial charge in [0.15, 0.2) is 6.61 Å². The van der Waals surface area contributed by atoms with Crippen LogP contribution in [0.3, 0.4) is 0 Å². The number of hydrogen-bond donors (Lipinski definition) is 0. The number of nitrogens with zero attached hydrogens (tertiary/aromatic N) is 2. The molecule has 1 aliphatic rings. The molecule has 0 radical (unpaired) electrons. The number of rotatable bonds is 4. The SMILES string of the molecule is O=C(OCC(=O)N1CCN(c2ccc(F)cc2)CC1)c1ccc(Cl)cc1. The maximum atomic E-state index is 13.0. The third-order valence-electron chi connectivity index (χ3n) is 4.23. The van der Waals surface area contributed by atoms with E-state index in [2.05, 4.69) is 4.90 Å². The van der Waals surface area contributed by atoms with Crippen molar-refractivity contribution in [2.24, 2.45) is 0 Å². The zero-order chi connectivity index (χ0) is 18.5. The largest absolute Gasteiger partial charge is 0.452 e. The third-order valence-corrected chi connectivity index (χ3v) is 4.48. The lowest BCUT2D eigenvalue weighted by Gasteiger charge is -2.36. The van der Waals surface area contributed by atoms with E-state index in [-0.39, 0.29) is 18.3 Å². The van der Waals surface area contributed by atoms with Crippen LogP contribution in [0.15, 0.2) is 48.5 Å². The highest BCUT2D eigenvalue weighted by atomic mass is 35.5. The Morgan fingerprint density at radius 2 is 1.58 bits per heavy atom. The van der Waals surface area contributed by atoms with E-state index in [4.69, 9.17) is 16.3 Å². The van der Waals surface area contributed by atoms with Gasteiger partial charge in [0.2, 0.25) is 0 Å². The minimum atomic E-state index is -0.556. The van der Waals surface area contributed by atoms with Gasteiger partial charge in [-0.1, -0.05) is 11.6 Å². The van der Waals surface area contributed by atoms with Gasteiger partial charge in [-0.25, -0.2) is 9.18 Å². The Balaban J connectivity index is 1.47. The van der Waals surface area contributed by atoms with Crippen LogP contribution in [0.2, 0.25) is 5.02 Å². The summed E-state index contributed by atoms with van der Waals surface area (Å²) in [4.78, 5) is 27.9. The Morgan fingerprint density at radius 1 is 0.962 bits per heavy atom. The third kappa shape index (κ3) is 4.52. The number of esters is 1. The van der Waals surface area contributed by atoms with Crippen molar-refractivity contribution < 1.29 is 18.7 Å². The molecule has 0 N–H and O–H groups in total. The van der Waals surface area contributed by atoms with Crippen molar-refractivity contribution in [3.63, 3.8) is 0 Å². The fourth-order valence-corrected chi connectivity index (χ4v) is 2.88. The Labute approximate surface area is 155 Å². The van der Waals surface area contributed by atoms with Crippen LogP contribution in [0.1, 0.15) is 10.4 Å². The second kappa shape index (κ2) is 8.19. The molecule has 0 aromatic heterocycles. The van der Waals surface area contributed by atoms with E-state index in [0.29, 0.717) is 36.8 Å². The molecule has 0 unspecified atom stereocenters. The summed E-state index contributed by atoms with van der Waals surface area (Å²) in [7, 11) is 0. The molecule has 0 saturated carbocycles. The number of carbonyl (C=O) groups excluding carboxylic acids is 2. The van der Waals surface area contributed by atoms with Crippen LogP contribution < -0.4 is 4.90 Å². The monoisotopic (exact) mass is 376 g/mol. The Morgan fingerprint density at radius 3 is 2.19 bits per heavy atom. The summed E-state index contributed by atoms with van der Waals surface area (Å²) in [5.74, 6) is -1.06. The highest BCUT2D eigenvalue weighted by Crippen LogP contribution is 2.17. The molecule has 136 valence electrons. The van der Waals surface area contributed by atoms with E-state index < -0.39 is 5.97 Å². The highest BCUT2D eigenvalue weighted by Gasteiger charge is 2.22. The van der Waals surface area contributed by atoms with Gasteiger partial charge in [-0.2, -0.15) is 0 Å². The quantitative estimate of drug-likeness (QED) is 0.770. The molecule has 0 bridgehead atoms. The van der Waals surface area contributed by atoms with E-state index in [9.17, 15) is 14.0 Å². The molecule has 0 atom stereocenters. The predicted octanol–water partition coefficient (Wildman–Crippen LogP) is 2.98. The van der Waals surface area contributed by atoms with Gasteiger partial charge in [-0.15, -0.1) is 0 Å². The topological polar surface area (TPSA) is 49.9 Å². The number of halogens is 2. The summed E-state index contributed by atoms with van der Waals surface area (Å²) in [5, 5.41) is 0.525. The van der Waals surface area contributed by atoms with Crippen molar-refractivity contribution in [1.29, 1.82) is 0 Å². The van der Waals surface area contributed by atoms with Crippen LogP contribution in [-0.2, 0) is 9.53 Å². The predicted molar refractivity (Wildman–Crippen MR) is 96.9 cm³/mol. The van der Waals surface area contributed by atoms with Crippen molar-refractivity contribution in [2.45, 2.75) is 0 Å². The zero-order valence-electron chi connectivity index (χ0n) is 14.0. The van der Waals surface area contributed by atoms with Gasteiger partial charge in [-0.3, -0.25) is 4.79 Å². The number of anilines is 1. The molecule has 3 rings (SSSR count). The Kier molecular flexibility index (Phi) is 5.73. The normalized spacial score (nSPS) is 14.2. The standard InChI is InChI=1S/C19H18ClFN2O3/c20-15-3-1-14(2-4-15)19(25)26-13-18(24)23-11-9-22(10-12-23)17-7-5-16(21)6-8-17/h1-8H,9-13H2. The van der Waals surface area contributed by atoms with Gasteiger partial charge in [0.25, 0.3) is 5.91 Å². The molecule has 1 heterocycles. The van der Waals surface area contributed by atoms with E-state index in [1.54, 1.807) is 41.3 Å². The Hall–Kier alpha value is -2.60. The van der Waals surface area contributed by atoms with Crippen molar-refractivity contribution in [3.8, 4) is 0 Å². The summed E-state index contributed by atoms with van der Waals surface area (Å²) in [5.41, 5.74) is 1.27. The van der Waals surface area contributed by atoms with Crippen molar-refractivity contribution in [1.82, 2.24) is 4.90 Å². The minimum Gasteiger partial charge on any atom is -0.452 e. The molecular formula is C19H18ClFN2O3. The van der Waals surface area contributed by atoms with E-state index >= 15 is 0 Å². The van der Waals surface area contributed by atoms with E-state index in [1.807, 2.05) is 0 Å². The Bertz CT molecular complexity index is 772. The summed E-state index contributed by atoms with van der Waals surface area (Å²) >= 11 is 5.77. The molecular weight excluding hydrogens is 359 g/mol. The molecule has 26 heavy (non-hydrogen) atoms. The first kappa shape index (κ1) is 18.2. The van der Waals surface area contributed by atoms with Crippen molar-refractivity contribution in [2.75, 3.05) is 37.7 Å². The lowest BCUT2D eigenvalue weighted by Crippen LogP contribution is -2.49. The number of benzene rings is 2. The highest BCUT2D eigenvalue weighted by molar-refractivity contribution is 6.30. The summed E-state index contributed by atoms with van der Waals surface area (Å²) in [6.45, 7) is 2.03. The first-order valence-electron chi connectivity index (χ1n) is 8.24. The van der Waals surface area contributed by atoms with Crippen LogP contribution in [0.4, 0.5) is 10.1 Å². The van der Waals surface area contributed by atoms with Crippen molar-refractivity contribution >= 4 is 29.2 Å². The molecule has 5 nitrogen and oxygen atoms in total. The maximum absolute atomic E-state index is 13.0. The number of piperazine rings is 1. The lowest BCUT2D eigenvalue weighted by atomic mass is 10.2. The first-order chi connectivity index (χ1) is 12.5. The number of ether oxygens (including phenoxy) is 1. The number of hydrogen-bond acceptors (Lipinski definition) is 4. The summed E-state index contributed by atoms with van der Waals surface area (Å²) in [6.07, 6.45) is 0. The molecule has 2 aromatic carbocycles. The van der Waals surface area contributed by atoms with Crippen LogP contribution in [0.5, 0.6) is 0 Å². The maximum Gasteiger partial charge on any atom is 0.338 e. The smallest absolute Gasteiger partial charge is 0.338 e. The molecule has 0 spiro atoms. The van der Waals surface area contributed by atoms with Crippen LogP contribution in [-0.4, -0.2) is 49.6 Å². The summed E-state index contributed by atoms with van der Waals surface area (Å²) < 4.78 is 18.1. The molecule has 1 aliphatic heterocycles. The molecule has 1 fully saturated rings. The van der Waals surface area contributed by atoms with E-state index in [0.717, 1.165) is 5.69 Å². The average Bonchev–Trinajstić information content (AvgIpc) is 2.67. The first-order valence-corrected chi connectivity index (χ1v) is 8.62. The summed E-state index contributed by atoms with van der Waals surface area (Å²) in [6, 6.07) is 12.6. The molecule has 2 aromatic rings. The van der Waals surface area contributed by atoms with Crippen LogP contribution >= 0.6 is 11.6 Å². The van der Waals surface area contributed by atoms with Gasteiger partial charge in [-0.05, 0) is 48.5 Å². The van der Waals surface area contributed by atoms with Gasteiger partial charge in [0.1, 0.15) is 5.82 Å². The zero-order valence-corrected chi connectivity index (χ0v) is 14.8. The van der Waals surface area contributed by atoms with Gasteiger partial charge in [0, 0.05) is 36.9 Å². The number of carbonyl (C=O) groups is 2. The lowest BCUT2D eigenvalue weighted by molar-refractivity contribution is -0.134. The second-order valence-corrected chi connectivity index (χ2v) is 6.36. The fourth-order valence-electron chi connectivity index (χ4n) is 2.75. The number of amides is 1. The van der Waals surface area contributed by atoms with Gasteiger partial charge >= 0.3 is 5.97 Å². The second-order valence-electron chi connectivity index (χ2n) is 5.93. The van der Waals surface area contributed by atoms with Crippen molar-refractivity contribution in [3.05, 3.63) is 64.9 Å². The minimum absolute atomic E-state index is 0.230. The van der Waals surface area contributed by atoms with Gasteiger partial charge < -0.3 is 14.5 Å². The van der Waals surface area contributed by atoms with Gasteiger partial charge in [0.05, 0.1) is 5.56 Å². The van der Waals surface area contributed by atoms with Crippen LogP contribution in [0, 0.1) is 5.82 Å². The molecule has 0 aliphatic carbocycles. The van der Waals surface area contributed by atoms with Crippen LogP contribution in [0.25, 0.3) is 0 Å².